The van der Waals surface area contributed by atoms with Gasteiger partial charge in [0.25, 0.3) is 5.69 Å². The number of hydrogen-bond donors (Lipinski definition) is 0. The first-order chi connectivity index (χ1) is 13.9. The highest BCUT2D eigenvalue weighted by molar-refractivity contribution is 6.13. The van der Waals surface area contributed by atoms with E-state index in [4.69, 9.17) is 18.9 Å². The molecule has 0 aromatic heterocycles. The molecule has 0 spiro atoms. The Morgan fingerprint density at radius 2 is 1.66 bits per heavy atom. The van der Waals surface area contributed by atoms with E-state index in [1.807, 2.05) is 0 Å². The van der Waals surface area contributed by atoms with Crippen molar-refractivity contribution < 1.29 is 28.7 Å². The summed E-state index contributed by atoms with van der Waals surface area (Å²) >= 11 is 0. The molecule has 0 saturated heterocycles. The summed E-state index contributed by atoms with van der Waals surface area (Å²) in [6, 6.07) is 9.80. The summed E-state index contributed by atoms with van der Waals surface area (Å²) in [6.45, 7) is 1.53. The van der Waals surface area contributed by atoms with E-state index in [2.05, 4.69) is 0 Å². The van der Waals surface area contributed by atoms with Crippen molar-refractivity contribution in [2.75, 3.05) is 21.0 Å². The molecule has 0 saturated carbocycles. The van der Waals surface area contributed by atoms with Crippen molar-refractivity contribution in [3.8, 4) is 34.1 Å². The van der Waals surface area contributed by atoms with Gasteiger partial charge >= 0.3 is 0 Å². The van der Waals surface area contributed by atoms with Gasteiger partial charge in [0.05, 0.1) is 30.8 Å². The Hall–Kier alpha value is -3.81. The van der Waals surface area contributed by atoms with Crippen LogP contribution in [0.4, 0.5) is 5.69 Å². The zero-order valence-electron chi connectivity index (χ0n) is 16.0. The van der Waals surface area contributed by atoms with Gasteiger partial charge in [-0.3, -0.25) is 14.9 Å². The van der Waals surface area contributed by atoms with Gasteiger partial charge in [0.1, 0.15) is 0 Å². The van der Waals surface area contributed by atoms with Crippen molar-refractivity contribution in [2.45, 2.75) is 6.92 Å². The second-order valence-corrected chi connectivity index (χ2v) is 6.45. The molecule has 0 bridgehead atoms. The van der Waals surface area contributed by atoms with Crippen molar-refractivity contribution in [1.82, 2.24) is 0 Å². The largest absolute Gasteiger partial charge is 0.493 e. The first kappa shape index (κ1) is 18.5. The number of benzene rings is 3. The summed E-state index contributed by atoms with van der Waals surface area (Å²) in [4.78, 5) is 23.9. The Labute approximate surface area is 165 Å². The second kappa shape index (κ2) is 6.97. The number of nitro groups is 1. The molecule has 0 unspecified atom stereocenters. The van der Waals surface area contributed by atoms with Crippen LogP contribution in [-0.2, 0) is 0 Å². The number of methoxy groups -OCH3 is 2. The lowest BCUT2D eigenvalue weighted by Crippen LogP contribution is -2.02. The number of fused-ring (bicyclic) bond motifs is 2. The van der Waals surface area contributed by atoms with E-state index in [0.717, 1.165) is 5.39 Å². The van der Waals surface area contributed by atoms with Gasteiger partial charge in [-0.2, -0.15) is 0 Å². The van der Waals surface area contributed by atoms with E-state index in [-0.39, 0.29) is 29.6 Å². The van der Waals surface area contributed by atoms with E-state index >= 15 is 0 Å². The van der Waals surface area contributed by atoms with Crippen molar-refractivity contribution in [2.24, 2.45) is 0 Å². The van der Waals surface area contributed by atoms with Crippen molar-refractivity contribution >= 4 is 22.2 Å². The second-order valence-electron chi connectivity index (χ2n) is 6.45. The molecule has 148 valence electrons. The van der Waals surface area contributed by atoms with E-state index in [1.54, 1.807) is 24.3 Å². The van der Waals surface area contributed by atoms with Gasteiger partial charge in [0, 0.05) is 11.1 Å². The van der Waals surface area contributed by atoms with Crippen LogP contribution < -0.4 is 18.9 Å². The standard InChI is InChI=1S/C21H17NO7/c1-11(23)21-13(5-4-12-6-19-20(7-14(12)21)29-10-28-19)15-8-17(26-2)18(27-3)9-16(15)22(24)25/h4-9H,10H2,1-3H3. The number of ether oxygens (including phenoxy) is 4. The highest BCUT2D eigenvalue weighted by Crippen LogP contribution is 2.44. The van der Waals surface area contributed by atoms with Gasteiger partial charge in [-0.1, -0.05) is 12.1 Å². The van der Waals surface area contributed by atoms with Crippen LogP contribution in [-0.4, -0.2) is 31.7 Å². The average molecular weight is 395 g/mol. The molecule has 8 heteroatoms. The molecule has 0 atom stereocenters. The number of nitrogens with zero attached hydrogens (tertiary/aromatic N) is 1. The summed E-state index contributed by atoms with van der Waals surface area (Å²) in [5.74, 6) is 1.45. The maximum atomic E-state index is 12.6. The number of rotatable bonds is 5. The summed E-state index contributed by atoms with van der Waals surface area (Å²) < 4.78 is 21.3. The average Bonchev–Trinajstić information content (AvgIpc) is 3.17. The fourth-order valence-electron chi connectivity index (χ4n) is 3.55. The molecule has 0 amide bonds. The Balaban J connectivity index is 2.06. The third-order valence-electron chi connectivity index (χ3n) is 4.85. The van der Waals surface area contributed by atoms with Gasteiger partial charge in [0.2, 0.25) is 6.79 Å². The number of ketones is 1. The molecule has 29 heavy (non-hydrogen) atoms. The van der Waals surface area contributed by atoms with Crippen LogP contribution in [0.15, 0.2) is 36.4 Å². The van der Waals surface area contributed by atoms with E-state index in [1.165, 1.54) is 33.3 Å². The molecule has 4 rings (SSSR count). The fourth-order valence-corrected chi connectivity index (χ4v) is 3.55. The molecular weight excluding hydrogens is 378 g/mol. The van der Waals surface area contributed by atoms with Crippen LogP contribution in [0.1, 0.15) is 17.3 Å². The fraction of sp³-hybridized carbons (Fsp3) is 0.190. The molecule has 1 heterocycles. The van der Waals surface area contributed by atoms with Gasteiger partial charge in [0.15, 0.2) is 28.8 Å². The van der Waals surface area contributed by atoms with Gasteiger partial charge < -0.3 is 18.9 Å². The first-order valence-corrected chi connectivity index (χ1v) is 8.72. The zero-order valence-corrected chi connectivity index (χ0v) is 16.0. The third kappa shape index (κ3) is 2.98. The predicted octanol–water partition coefficient (Wildman–Crippen LogP) is 4.36. The maximum Gasteiger partial charge on any atom is 0.281 e. The molecule has 0 fully saturated rings. The SMILES string of the molecule is COc1cc(-c2ccc3cc4c(cc3c2C(C)=O)OCO4)c([N+](=O)[O-])cc1OC. The van der Waals surface area contributed by atoms with Crippen molar-refractivity contribution in [3.63, 3.8) is 0 Å². The number of carbonyl (C=O) groups excluding carboxylic acids is 1. The monoisotopic (exact) mass is 395 g/mol. The number of nitro benzene ring substituents is 1. The summed E-state index contributed by atoms with van der Waals surface area (Å²) in [5, 5.41) is 13.1. The summed E-state index contributed by atoms with van der Waals surface area (Å²) in [7, 11) is 2.85. The Kier molecular flexibility index (Phi) is 4.46. The molecular formula is C21H17NO7. The minimum atomic E-state index is -0.509. The molecule has 8 nitrogen and oxygen atoms in total. The lowest BCUT2D eigenvalue weighted by molar-refractivity contribution is -0.384. The highest BCUT2D eigenvalue weighted by atomic mass is 16.7. The topological polar surface area (TPSA) is 97.1 Å². The summed E-state index contributed by atoms with van der Waals surface area (Å²) in [6.07, 6.45) is 0. The molecule has 1 aliphatic rings. The predicted molar refractivity (Wildman–Crippen MR) is 105 cm³/mol. The molecule has 3 aromatic rings. The Morgan fingerprint density at radius 1 is 1.00 bits per heavy atom. The maximum absolute atomic E-state index is 12.6. The molecule has 0 aliphatic carbocycles. The zero-order chi connectivity index (χ0) is 20.7. The van der Waals surface area contributed by atoms with Gasteiger partial charge in [-0.05, 0) is 35.9 Å². The smallest absolute Gasteiger partial charge is 0.281 e. The quantitative estimate of drug-likeness (QED) is 0.360. The minimum absolute atomic E-state index is 0.106. The first-order valence-electron chi connectivity index (χ1n) is 8.72. The minimum Gasteiger partial charge on any atom is -0.493 e. The molecule has 0 radical (unpaired) electrons. The lowest BCUT2D eigenvalue weighted by atomic mass is 9.91. The summed E-state index contributed by atoms with van der Waals surface area (Å²) in [5.41, 5.74) is 0.857. The van der Waals surface area contributed by atoms with Crippen LogP contribution in [0.5, 0.6) is 23.0 Å². The van der Waals surface area contributed by atoms with Gasteiger partial charge in [-0.25, -0.2) is 0 Å². The van der Waals surface area contributed by atoms with Crippen LogP contribution in [0.25, 0.3) is 21.9 Å². The third-order valence-corrected chi connectivity index (χ3v) is 4.85. The van der Waals surface area contributed by atoms with Crippen LogP contribution in [0.2, 0.25) is 0 Å². The van der Waals surface area contributed by atoms with Crippen LogP contribution in [0, 0.1) is 10.1 Å². The lowest BCUT2D eigenvalue weighted by Gasteiger charge is -2.14. The normalized spacial score (nSPS) is 12.1. The van der Waals surface area contributed by atoms with Crippen LogP contribution >= 0.6 is 0 Å². The number of Topliss-reactive ketones (excluding diaryl/α,β-unsaturated/α-hetero) is 1. The molecule has 1 aliphatic heterocycles. The van der Waals surface area contributed by atoms with Crippen molar-refractivity contribution in [3.05, 3.63) is 52.1 Å². The molecule has 0 N–H and O–H groups in total. The number of hydrogen-bond acceptors (Lipinski definition) is 7. The van der Waals surface area contributed by atoms with E-state index in [0.29, 0.717) is 33.8 Å². The molecule has 3 aromatic carbocycles. The highest BCUT2D eigenvalue weighted by Gasteiger charge is 2.26. The van der Waals surface area contributed by atoms with E-state index < -0.39 is 4.92 Å². The van der Waals surface area contributed by atoms with Gasteiger partial charge in [-0.15, -0.1) is 0 Å². The van der Waals surface area contributed by atoms with Crippen molar-refractivity contribution in [1.29, 1.82) is 0 Å². The van der Waals surface area contributed by atoms with E-state index in [9.17, 15) is 14.9 Å². The Bertz CT molecular complexity index is 1170. The van der Waals surface area contributed by atoms with Crippen LogP contribution in [0.3, 0.4) is 0 Å². The number of carbonyl (C=O) groups is 1. The Morgan fingerprint density at radius 3 is 2.28 bits per heavy atom.